The monoisotopic (exact) mass is 848 g/mol. The van der Waals surface area contributed by atoms with Gasteiger partial charge in [0.15, 0.2) is 8.07 Å². The molecule has 3 heterocycles. The summed E-state index contributed by atoms with van der Waals surface area (Å²) in [6.07, 6.45) is 0. The molecule has 2 nitrogen and oxygen atoms in total. The van der Waals surface area contributed by atoms with Crippen LogP contribution in [0.5, 0.6) is 0 Å². The largest absolute Gasteiger partial charge is 0.307 e. The molecule has 0 aliphatic rings. The third kappa shape index (κ3) is 5.43. The zero-order valence-corrected chi connectivity index (χ0v) is 36.7. The number of hydrogen-bond acceptors (Lipinski definition) is 1. The lowest BCUT2D eigenvalue weighted by Crippen LogP contribution is -2.74. The molecule has 300 valence electrons. The van der Waals surface area contributed by atoms with Gasteiger partial charge in [0.2, 0.25) is 0 Å². The molecule has 64 heavy (non-hydrogen) atoms. The summed E-state index contributed by atoms with van der Waals surface area (Å²) in [6, 6.07) is 90.6. The van der Waals surface area contributed by atoms with E-state index in [9.17, 15) is 0 Å². The number of benzene rings is 10. The summed E-state index contributed by atoms with van der Waals surface area (Å²) >= 11 is 1.87. The second kappa shape index (κ2) is 14.7. The van der Waals surface area contributed by atoms with Crippen molar-refractivity contribution in [2.75, 3.05) is 0 Å². The Hall–Kier alpha value is -7.76. The fourth-order valence-corrected chi connectivity index (χ4v) is 16.7. The van der Waals surface area contributed by atoms with E-state index in [1.54, 1.807) is 0 Å². The second-order valence-electron chi connectivity index (χ2n) is 16.8. The average Bonchev–Trinajstić information content (AvgIpc) is 4.03. The van der Waals surface area contributed by atoms with Crippen LogP contribution in [-0.2, 0) is 0 Å². The summed E-state index contributed by atoms with van der Waals surface area (Å²) in [6.45, 7) is 0. The van der Waals surface area contributed by atoms with Crippen molar-refractivity contribution in [3.05, 3.63) is 243 Å². The van der Waals surface area contributed by atoms with Gasteiger partial charge in [-0.3, -0.25) is 0 Å². The molecule has 0 spiro atoms. The number of nitrogens with zero attached hydrogens (tertiary/aromatic N) is 2. The summed E-state index contributed by atoms with van der Waals surface area (Å²) < 4.78 is 7.72. The summed E-state index contributed by atoms with van der Waals surface area (Å²) in [5.74, 6) is 0. The Bertz CT molecular complexity index is 3800. The standard InChI is InChI=1S/C60H40N2SSi/c1-4-20-43(21-5-1)64(44-22-6-2-7-23-44,45-24-8-3-9-25-45)46-26-16-19-42(40-46)61-54-33-13-10-28-49(54)52-32-18-35-56(60(52)61)62-55-34-14-11-27-48(55)51-31-17-30-47(59(51)62)41-37-38-58-53(39-41)50-29-12-15-36-57(50)63-58/h1-40H. The number of para-hydroxylation sites is 4. The van der Waals surface area contributed by atoms with Crippen LogP contribution in [0.4, 0.5) is 0 Å². The highest BCUT2D eigenvalue weighted by molar-refractivity contribution is 7.25. The summed E-state index contributed by atoms with van der Waals surface area (Å²) in [7, 11) is -2.81. The number of thiophene rings is 1. The molecule has 0 saturated heterocycles. The molecule has 0 unspecified atom stereocenters. The Morgan fingerprint density at radius 3 is 1.48 bits per heavy atom. The first-order valence-electron chi connectivity index (χ1n) is 22.0. The van der Waals surface area contributed by atoms with Gasteiger partial charge in [-0.2, -0.15) is 0 Å². The van der Waals surface area contributed by atoms with Gasteiger partial charge in [-0.05, 0) is 74.8 Å². The first-order valence-corrected chi connectivity index (χ1v) is 24.8. The molecule has 10 aromatic carbocycles. The molecule has 0 radical (unpaired) electrons. The minimum absolute atomic E-state index is 1.14. The van der Waals surface area contributed by atoms with Crippen molar-refractivity contribution < 1.29 is 0 Å². The number of aromatic nitrogens is 2. The van der Waals surface area contributed by atoms with Crippen LogP contribution in [0.25, 0.3) is 86.3 Å². The van der Waals surface area contributed by atoms with Gasteiger partial charge in [0.05, 0.1) is 27.8 Å². The van der Waals surface area contributed by atoms with Gasteiger partial charge in [-0.15, -0.1) is 11.3 Å². The molecule has 0 fully saturated rings. The van der Waals surface area contributed by atoms with Crippen molar-refractivity contribution in [1.82, 2.24) is 9.13 Å². The van der Waals surface area contributed by atoms with Crippen molar-refractivity contribution >= 4 is 104 Å². The first kappa shape index (κ1) is 36.9. The molecule has 0 aliphatic heterocycles. The fourth-order valence-electron chi connectivity index (χ4n) is 10.8. The minimum atomic E-state index is -2.81. The topological polar surface area (TPSA) is 9.86 Å². The van der Waals surface area contributed by atoms with E-state index in [1.165, 1.54) is 95.7 Å². The van der Waals surface area contributed by atoms with Crippen molar-refractivity contribution in [2.24, 2.45) is 0 Å². The predicted molar refractivity (Wildman–Crippen MR) is 277 cm³/mol. The molecule has 13 aromatic rings. The fraction of sp³-hybridized carbons (Fsp3) is 0. The zero-order chi connectivity index (χ0) is 42.2. The Labute approximate surface area is 376 Å². The number of hydrogen-bond donors (Lipinski definition) is 0. The van der Waals surface area contributed by atoms with Crippen LogP contribution >= 0.6 is 11.3 Å². The van der Waals surface area contributed by atoms with Crippen LogP contribution in [0.2, 0.25) is 0 Å². The molecular weight excluding hydrogens is 809 g/mol. The predicted octanol–water partition coefficient (Wildman–Crippen LogP) is 13.3. The Balaban J connectivity index is 1.12. The number of rotatable bonds is 7. The van der Waals surface area contributed by atoms with Gasteiger partial charge in [0.1, 0.15) is 0 Å². The molecule has 3 aromatic heterocycles. The average molecular weight is 849 g/mol. The molecule has 0 bridgehead atoms. The molecule has 4 heteroatoms. The van der Waals surface area contributed by atoms with Crippen LogP contribution < -0.4 is 20.7 Å². The normalized spacial score (nSPS) is 12.1. The molecule has 0 aliphatic carbocycles. The maximum atomic E-state index is 2.55. The van der Waals surface area contributed by atoms with Crippen molar-refractivity contribution in [2.45, 2.75) is 0 Å². The van der Waals surface area contributed by atoms with E-state index in [0.717, 1.165) is 11.4 Å². The number of fused-ring (bicyclic) bond motifs is 9. The van der Waals surface area contributed by atoms with Crippen LogP contribution in [-0.4, -0.2) is 17.2 Å². The van der Waals surface area contributed by atoms with Gasteiger partial charge in [0, 0.05) is 53.0 Å². The van der Waals surface area contributed by atoms with Gasteiger partial charge < -0.3 is 9.13 Å². The summed E-state index contributed by atoms with van der Waals surface area (Å²) in [5, 5.41) is 13.0. The lowest BCUT2D eigenvalue weighted by Gasteiger charge is -2.34. The Morgan fingerprint density at radius 1 is 0.312 bits per heavy atom. The van der Waals surface area contributed by atoms with Crippen LogP contribution in [0.15, 0.2) is 243 Å². The molecule has 0 N–H and O–H groups in total. The third-order valence-corrected chi connectivity index (χ3v) is 19.4. The first-order chi connectivity index (χ1) is 31.8. The van der Waals surface area contributed by atoms with Crippen molar-refractivity contribution in [1.29, 1.82) is 0 Å². The van der Waals surface area contributed by atoms with Crippen LogP contribution in [0, 0.1) is 0 Å². The highest BCUT2D eigenvalue weighted by Gasteiger charge is 2.41. The van der Waals surface area contributed by atoms with Gasteiger partial charge in [0.25, 0.3) is 0 Å². The van der Waals surface area contributed by atoms with Crippen LogP contribution in [0.1, 0.15) is 0 Å². The molecule has 0 saturated carbocycles. The SMILES string of the molecule is c1ccc([Si](c2ccccc2)(c2ccccc2)c2cccc(-n3c4ccccc4c4cccc(-n5c6ccccc6c6cccc(-c7ccc8sc9ccccc9c8c7)c65)c43)c2)cc1. The zero-order valence-electron chi connectivity index (χ0n) is 34.9. The van der Waals surface area contributed by atoms with E-state index >= 15 is 0 Å². The lowest BCUT2D eigenvalue weighted by atomic mass is 10.00. The van der Waals surface area contributed by atoms with E-state index in [1.807, 2.05) is 11.3 Å². The second-order valence-corrected chi connectivity index (χ2v) is 21.7. The van der Waals surface area contributed by atoms with Gasteiger partial charge >= 0.3 is 0 Å². The van der Waals surface area contributed by atoms with Crippen molar-refractivity contribution in [3.63, 3.8) is 0 Å². The highest BCUT2D eigenvalue weighted by Crippen LogP contribution is 2.44. The molecule has 0 atom stereocenters. The van der Waals surface area contributed by atoms with E-state index in [2.05, 4.69) is 252 Å². The van der Waals surface area contributed by atoms with Gasteiger partial charge in [-0.25, -0.2) is 0 Å². The molecular formula is C60H40N2SSi. The quantitative estimate of drug-likeness (QED) is 0.112. The maximum Gasteiger partial charge on any atom is 0.179 e. The summed E-state index contributed by atoms with van der Waals surface area (Å²) in [4.78, 5) is 0. The maximum absolute atomic E-state index is 2.81. The van der Waals surface area contributed by atoms with Crippen LogP contribution in [0.3, 0.4) is 0 Å². The molecule has 0 amide bonds. The van der Waals surface area contributed by atoms with E-state index in [-0.39, 0.29) is 0 Å². The third-order valence-electron chi connectivity index (χ3n) is 13.5. The Morgan fingerprint density at radius 2 is 0.812 bits per heavy atom. The van der Waals surface area contributed by atoms with Crippen molar-refractivity contribution in [3.8, 4) is 22.5 Å². The Kier molecular flexibility index (Phi) is 8.45. The highest BCUT2D eigenvalue weighted by atomic mass is 32.1. The van der Waals surface area contributed by atoms with E-state index in [0.29, 0.717) is 0 Å². The minimum Gasteiger partial charge on any atom is -0.307 e. The van der Waals surface area contributed by atoms with Gasteiger partial charge in [-0.1, -0.05) is 194 Å². The van der Waals surface area contributed by atoms with E-state index in [4.69, 9.17) is 0 Å². The lowest BCUT2D eigenvalue weighted by molar-refractivity contribution is 1.13. The smallest absolute Gasteiger partial charge is 0.179 e. The van der Waals surface area contributed by atoms with E-state index < -0.39 is 8.07 Å². The summed E-state index contributed by atoms with van der Waals surface area (Å²) in [5.41, 5.74) is 9.50. The molecule has 13 rings (SSSR count).